The van der Waals surface area contributed by atoms with Crippen molar-refractivity contribution in [3.05, 3.63) is 84.1 Å². The van der Waals surface area contributed by atoms with Crippen LogP contribution >= 0.6 is 0 Å². The van der Waals surface area contributed by atoms with Crippen LogP contribution in [0.15, 0.2) is 72.8 Å². The average molecular weight is 466 g/mol. The van der Waals surface area contributed by atoms with Crippen LogP contribution < -0.4 is 15.2 Å². The van der Waals surface area contributed by atoms with E-state index in [4.69, 9.17) is 20.2 Å². The Balaban J connectivity index is 1.66. The number of nitrogens with two attached hydrogens (primary N) is 1. The molecule has 5 heteroatoms. The highest BCUT2D eigenvalue weighted by Gasteiger charge is 2.18. The molecule has 0 amide bonds. The van der Waals surface area contributed by atoms with Gasteiger partial charge in [0.2, 0.25) is 0 Å². The summed E-state index contributed by atoms with van der Waals surface area (Å²) in [6.07, 6.45) is 2.93. The molecule has 5 rings (SSSR count). The lowest BCUT2D eigenvalue weighted by Crippen LogP contribution is -2.00. The molecule has 3 aromatic carbocycles. The van der Waals surface area contributed by atoms with Gasteiger partial charge < -0.3 is 20.2 Å². The standard InChI is InChI=1S/C30H31N3O2/c1-3-34-28-17-15-24(25-14-12-20(2)32-30(25)28)29-23(11-7-8-18-31)26-19-22(13-16-27(26)33-29)35-21-9-5-4-6-10-21/h4-6,9-10,12-17,19,33H,3,7-8,11,18,31H2,1-2H3. The van der Waals surface area contributed by atoms with E-state index in [1.165, 1.54) is 10.9 Å². The van der Waals surface area contributed by atoms with E-state index < -0.39 is 0 Å². The van der Waals surface area contributed by atoms with Gasteiger partial charge in [0.05, 0.1) is 12.3 Å². The zero-order valence-electron chi connectivity index (χ0n) is 20.3. The summed E-state index contributed by atoms with van der Waals surface area (Å²) >= 11 is 0. The van der Waals surface area contributed by atoms with Crippen LogP contribution in [0.2, 0.25) is 0 Å². The number of ether oxygens (including phenoxy) is 2. The Bertz CT molecular complexity index is 1460. The van der Waals surface area contributed by atoms with Crippen molar-refractivity contribution in [1.29, 1.82) is 0 Å². The predicted molar refractivity (Wildman–Crippen MR) is 143 cm³/mol. The third-order valence-corrected chi connectivity index (χ3v) is 6.27. The molecule has 2 aromatic heterocycles. The van der Waals surface area contributed by atoms with Gasteiger partial charge in [-0.2, -0.15) is 0 Å². The van der Waals surface area contributed by atoms with Crippen molar-refractivity contribution in [2.75, 3.05) is 13.2 Å². The van der Waals surface area contributed by atoms with Crippen LogP contribution in [-0.4, -0.2) is 23.1 Å². The Morgan fingerprint density at radius 1 is 0.886 bits per heavy atom. The molecule has 0 saturated carbocycles. The molecule has 178 valence electrons. The van der Waals surface area contributed by atoms with Gasteiger partial charge in [0, 0.05) is 27.5 Å². The molecule has 35 heavy (non-hydrogen) atoms. The van der Waals surface area contributed by atoms with Crippen molar-refractivity contribution in [3.63, 3.8) is 0 Å². The van der Waals surface area contributed by atoms with Gasteiger partial charge in [0.15, 0.2) is 0 Å². The van der Waals surface area contributed by atoms with Crippen LogP contribution in [0.25, 0.3) is 33.1 Å². The number of H-pyrrole nitrogens is 1. The van der Waals surface area contributed by atoms with Crippen LogP contribution in [0.1, 0.15) is 31.0 Å². The molecule has 0 saturated heterocycles. The first-order valence-corrected chi connectivity index (χ1v) is 12.3. The number of fused-ring (bicyclic) bond motifs is 2. The number of nitrogens with one attached hydrogen (secondary N) is 1. The lowest BCUT2D eigenvalue weighted by molar-refractivity contribution is 0.343. The summed E-state index contributed by atoms with van der Waals surface area (Å²) in [5.74, 6) is 2.46. The zero-order valence-corrected chi connectivity index (χ0v) is 20.3. The van der Waals surface area contributed by atoms with E-state index in [0.29, 0.717) is 13.2 Å². The Kier molecular flexibility index (Phi) is 6.68. The molecule has 5 nitrogen and oxygen atoms in total. The lowest BCUT2D eigenvalue weighted by atomic mass is 9.97. The molecule has 0 aliphatic heterocycles. The summed E-state index contributed by atoms with van der Waals surface area (Å²) < 4.78 is 12.1. The van der Waals surface area contributed by atoms with E-state index in [0.717, 1.165) is 69.9 Å². The second-order valence-corrected chi connectivity index (χ2v) is 8.74. The van der Waals surface area contributed by atoms with E-state index in [1.807, 2.05) is 56.3 Å². The lowest BCUT2D eigenvalue weighted by Gasteiger charge is -2.13. The molecular formula is C30H31N3O2. The molecule has 5 aromatic rings. The highest BCUT2D eigenvalue weighted by atomic mass is 16.5. The summed E-state index contributed by atoms with van der Waals surface area (Å²) in [6, 6.07) is 24.5. The number of aromatic amines is 1. The number of para-hydroxylation sites is 1. The quantitative estimate of drug-likeness (QED) is 0.226. The van der Waals surface area contributed by atoms with Gasteiger partial charge in [-0.05, 0) is 93.7 Å². The van der Waals surface area contributed by atoms with E-state index in [9.17, 15) is 0 Å². The van der Waals surface area contributed by atoms with E-state index in [-0.39, 0.29) is 0 Å². The number of hydrogen-bond donors (Lipinski definition) is 2. The van der Waals surface area contributed by atoms with Crippen molar-refractivity contribution in [3.8, 4) is 28.5 Å². The Morgan fingerprint density at radius 2 is 1.74 bits per heavy atom. The number of pyridine rings is 1. The van der Waals surface area contributed by atoms with Gasteiger partial charge >= 0.3 is 0 Å². The number of hydrogen-bond acceptors (Lipinski definition) is 4. The smallest absolute Gasteiger partial charge is 0.145 e. The van der Waals surface area contributed by atoms with Gasteiger partial charge in [0.25, 0.3) is 0 Å². The molecular weight excluding hydrogens is 434 g/mol. The van der Waals surface area contributed by atoms with Gasteiger partial charge in [0.1, 0.15) is 22.8 Å². The molecule has 0 aliphatic rings. The van der Waals surface area contributed by atoms with Crippen molar-refractivity contribution in [2.24, 2.45) is 5.73 Å². The van der Waals surface area contributed by atoms with Gasteiger partial charge in [-0.1, -0.05) is 24.3 Å². The maximum absolute atomic E-state index is 6.15. The maximum Gasteiger partial charge on any atom is 0.145 e. The molecule has 3 N–H and O–H groups in total. The third-order valence-electron chi connectivity index (χ3n) is 6.27. The van der Waals surface area contributed by atoms with Crippen LogP contribution in [0.5, 0.6) is 17.2 Å². The maximum atomic E-state index is 6.15. The van der Waals surface area contributed by atoms with Crippen LogP contribution in [-0.2, 0) is 6.42 Å². The fraction of sp³-hybridized carbons (Fsp3) is 0.233. The second-order valence-electron chi connectivity index (χ2n) is 8.74. The van der Waals surface area contributed by atoms with E-state index >= 15 is 0 Å². The van der Waals surface area contributed by atoms with Crippen LogP contribution in [0.4, 0.5) is 0 Å². The zero-order chi connectivity index (χ0) is 24.2. The third kappa shape index (κ3) is 4.73. The van der Waals surface area contributed by atoms with E-state index in [1.54, 1.807) is 0 Å². The first kappa shape index (κ1) is 22.9. The first-order chi connectivity index (χ1) is 17.2. The first-order valence-electron chi connectivity index (χ1n) is 12.3. The van der Waals surface area contributed by atoms with Crippen LogP contribution in [0.3, 0.4) is 0 Å². The molecule has 0 spiro atoms. The minimum Gasteiger partial charge on any atom is -0.492 e. The summed E-state index contributed by atoms with van der Waals surface area (Å²) in [7, 11) is 0. The van der Waals surface area contributed by atoms with Gasteiger partial charge in [-0.15, -0.1) is 0 Å². The SMILES string of the molecule is CCOc1ccc(-c2[nH]c3ccc(Oc4ccccc4)cc3c2CCCCN)c2ccc(C)nc12. The number of benzene rings is 3. The molecule has 0 bridgehead atoms. The van der Waals surface area contributed by atoms with Gasteiger partial charge in [-0.25, -0.2) is 4.98 Å². The van der Waals surface area contributed by atoms with Gasteiger partial charge in [-0.3, -0.25) is 0 Å². The van der Waals surface area contributed by atoms with Crippen molar-refractivity contribution < 1.29 is 9.47 Å². The van der Waals surface area contributed by atoms with Crippen molar-refractivity contribution in [2.45, 2.75) is 33.1 Å². The molecule has 2 heterocycles. The molecule has 0 unspecified atom stereocenters. The molecule has 0 fully saturated rings. The van der Waals surface area contributed by atoms with Crippen LogP contribution in [0, 0.1) is 6.92 Å². The predicted octanol–water partition coefficient (Wildman–Crippen LogP) is 7.16. The van der Waals surface area contributed by atoms with Crippen molar-refractivity contribution in [1.82, 2.24) is 9.97 Å². The number of aryl methyl sites for hydroxylation is 2. The summed E-state index contributed by atoms with van der Waals surface area (Å²) in [6.45, 7) is 5.30. The topological polar surface area (TPSA) is 73.2 Å². The highest BCUT2D eigenvalue weighted by Crippen LogP contribution is 2.39. The number of rotatable bonds is 9. The number of aromatic nitrogens is 2. The fourth-order valence-corrected chi connectivity index (χ4v) is 4.63. The normalized spacial score (nSPS) is 11.3. The van der Waals surface area contributed by atoms with E-state index in [2.05, 4.69) is 35.3 Å². The monoisotopic (exact) mass is 465 g/mol. The Morgan fingerprint density at radius 3 is 2.54 bits per heavy atom. The summed E-state index contributed by atoms with van der Waals surface area (Å²) in [4.78, 5) is 8.53. The largest absolute Gasteiger partial charge is 0.492 e. The fourth-order valence-electron chi connectivity index (χ4n) is 4.63. The molecule has 0 atom stereocenters. The highest BCUT2D eigenvalue weighted by molar-refractivity contribution is 6.01. The average Bonchev–Trinajstić information content (AvgIpc) is 3.23. The summed E-state index contributed by atoms with van der Waals surface area (Å²) in [5, 5.41) is 2.25. The molecule has 0 aliphatic carbocycles. The Hall–Kier alpha value is -3.83. The Labute approximate surface area is 205 Å². The minimum absolute atomic E-state index is 0.602. The minimum atomic E-state index is 0.602. The molecule has 0 radical (unpaired) electrons. The summed E-state index contributed by atoms with van der Waals surface area (Å²) in [5.41, 5.74) is 12.3. The van der Waals surface area contributed by atoms with Crippen molar-refractivity contribution >= 4 is 21.8 Å². The second kappa shape index (κ2) is 10.2. The number of nitrogens with zero attached hydrogens (tertiary/aromatic N) is 1. The number of unbranched alkanes of at least 4 members (excludes halogenated alkanes) is 1.